The monoisotopic (exact) mass is 257 g/mol. The number of carbonyl (C=O) groups excluding carboxylic acids is 1. The van der Waals surface area contributed by atoms with Gasteiger partial charge in [-0.15, -0.1) is 0 Å². The maximum Gasteiger partial charge on any atom is 0.328 e. The number of esters is 1. The van der Waals surface area contributed by atoms with Gasteiger partial charge in [0.1, 0.15) is 11.9 Å². The van der Waals surface area contributed by atoms with Crippen molar-refractivity contribution in [3.05, 3.63) is 5.82 Å². The molecular formula is C11H19N3O2S. The number of hydrogen-bond donors (Lipinski definition) is 1. The van der Waals surface area contributed by atoms with Gasteiger partial charge in [-0.25, -0.2) is 9.78 Å². The van der Waals surface area contributed by atoms with E-state index < -0.39 is 6.04 Å². The van der Waals surface area contributed by atoms with Crippen molar-refractivity contribution in [1.82, 2.24) is 9.36 Å². The molecule has 0 radical (unpaired) electrons. The highest BCUT2D eigenvalue weighted by Gasteiger charge is 2.21. The van der Waals surface area contributed by atoms with E-state index in [-0.39, 0.29) is 11.4 Å². The third-order valence-corrected chi connectivity index (χ3v) is 2.72. The molecule has 0 spiro atoms. The van der Waals surface area contributed by atoms with Crippen LogP contribution in [0.5, 0.6) is 0 Å². The van der Waals surface area contributed by atoms with Gasteiger partial charge in [0, 0.05) is 16.9 Å². The average Bonchev–Trinajstić information content (AvgIpc) is 2.66. The van der Waals surface area contributed by atoms with E-state index >= 15 is 0 Å². The summed E-state index contributed by atoms with van der Waals surface area (Å²) < 4.78 is 9.17. The first-order valence-corrected chi connectivity index (χ1v) is 6.39. The smallest absolute Gasteiger partial charge is 0.328 e. The standard InChI is InChI=1S/C11H19N3O2S/c1-6-16-8(15)7(2)12-10-13-9(14-17-10)11(3,4)5/h7H,6H2,1-5H3,(H,12,13,14). The van der Waals surface area contributed by atoms with Gasteiger partial charge in [-0.05, 0) is 13.8 Å². The van der Waals surface area contributed by atoms with Gasteiger partial charge in [-0.1, -0.05) is 20.8 Å². The van der Waals surface area contributed by atoms with E-state index in [1.807, 2.05) is 20.8 Å². The summed E-state index contributed by atoms with van der Waals surface area (Å²) in [5, 5.41) is 3.64. The molecule has 0 saturated heterocycles. The highest BCUT2D eigenvalue weighted by molar-refractivity contribution is 7.09. The van der Waals surface area contributed by atoms with Gasteiger partial charge in [0.2, 0.25) is 5.13 Å². The zero-order chi connectivity index (χ0) is 13.1. The first-order valence-electron chi connectivity index (χ1n) is 5.62. The van der Waals surface area contributed by atoms with Crippen LogP contribution in [0.25, 0.3) is 0 Å². The molecule has 96 valence electrons. The van der Waals surface area contributed by atoms with Gasteiger partial charge in [0.25, 0.3) is 0 Å². The molecular weight excluding hydrogens is 238 g/mol. The second kappa shape index (κ2) is 5.44. The van der Waals surface area contributed by atoms with E-state index in [0.29, 0.717) is 11.7 Å². The van der Waals surface area contributed by atoms with E-state index in [0.717, 1.165) is 5.82 Å². The van der Waals surface area contributed by atoms with Crippen LogP contribution in [0.3, 0.4) is 0 Å². The Balaban J connectivity index is 2.64. The molecule has 1 unspecified atom stereocenters. The average molecular weight is 257 g/mol. The summed E-state index contributed by atoms with van der Waals surface area (Å²) in [6.07, 6.45) is 0. The predicted molar refractivity (Wildman–Crippen MR) is 68.3 cm³/mol. The van der Waals surface area contributed by atoms with Crippen LogP contribution in [0.2, 0.25) is 0 Å². The first-order chi connectivity index (χ1) is 7.84. The summed E-state index contributed by atoms with van der Waals surface area (Å²) >= 11 is 1.26. The molecule has 1 atom stereocenters. The Morgan fingerprint density at radius 2 is 2.18 bits per heavy atom. The normalized spacial score (nSPS) is 13.2. The van der Waals surface area contributed by atoms with Crippen molar-refractivity contribution in [2.75, 3.05) is 11.9 Å². The van der Waals surface area contributed by atoms with Crippen LogP contribution < -0.4 is 5.32 Å². The third-order valence-electron chi connectivity index (χ3n) is 2.08. The molecule has 6 heteroatoms. The number of carbonyl (C=O) groups is 1. The topological polar surface area (TPSA) is 64.1 Å². The molecule has 1 aromatic heterocycles. The van der Waals surface area contributed by atoms with Gasteiger partial charge >= 0.3 is 5.97 Å². The van der Waals surface area contributed by atoms with Crippen LogP contribution >= 0.6 is 11.5 Å². The van der Waals surface area contributed by atoms with Crippen molar-refractivity contribution in [3.63, 3.8) is 0 Å². The number of hydrogen-bond acceptors (Lipinski definition) is 6. The summed E-state index contributed by atoms with van der Waals surface area (Å²) in [6, 6.07) is -0.407. The van der Waals surface area contributed by atoms with E-state index in [2.05, 4.69) is 14.7 Å². The lowest BCUT2D eigenvalue weighted by Crippen LogP contribution is -2.28. The largest absolute Gasteiger partial charge is 0.464 e. The molecule has 0 aliphatic heterocycles. The Labute approximate surface area is 106 Å². The second-order valence-electron chi connectivity index (χ2n) is 4.79. The molecule has 1 heterocycles. The lowest BCUT2D eigenvalue weighted by atomic mass is 9.96. The van der Waals surface area contributed by atoms with Gasteiger partial charge < -0.3 is 10.1 Å². The summed E-state index contributed by atoms with van der Waals surface area (Å²) in [6.45, 7) is 10.1. The quantitative estimate of drug-likeness (QED) is 0.838. The maximum absolute atomic E-state index is 11.4. The van der Waals surface area contributed by atoms with Gasteiger partial charge in [-0.3, -0.25) is 0 Å². The van der Waals surface area contributed by atoms with E-state index in [1.165, 1.54) is 11.5 Å². The summed E-state index contributed by atoms with van der Waals surface area (Å²) in [5.74, 6) is 0.501. The Kier molecular flexibility index (Phi) is 4.45. The number of aromatic nitrogens is 2. The number of anilines is 1. The highest BCUT2D eigenvalue weighted by atomic mass is 32.1. The fraction of sp³-hybridized carbons (Fsp3) is 0.727. The molecule has 5 nitrogen and oxygen atoms in total. The van der Waals surface area contributed by atoms with Crippen molar-refractivity contribution in [2.24, 2.45) is 0 Å². The van der Waals surface area contributed by atoms with Crippen LogP contribution in [0.15, 0.2) is 0 Å². The molecule has 1 aromatic rings. The number of rotatable bonds is 4. The van der Waals surface area contributed by atoms with Crippen LogP contribution in [0.1, 0.15) is 40.4 Å². The van der Waals surface area contributed by atoms with Crippen LogP contribution in [0, 0.1) is 0 Å². The lowest BCUT2D eigenvalue weighted by Gasteiger charge is -2.13. The molecule has 0 saturated carbocycles. The number of nitrogens with one attached hydrogen (secondary N) is 1. The predicted octanol–water partition coefficient (Wildman–Crippen LogP) is 2.20. The summed E-state index contributed by atoms with van der Waals surface area (Å²) in [4.78, 5) is 15.8. The Hall–Kier alpha value is -1.17. The molecule has 0 aliphatic carbocycles. The zero-order valence-corrected chi connectivity index (χ0v) is 11.7. The van der Waals surface area contributed by atoms with Gasteiger partial charge in [0.05, 0.1) is 6.61 Å². The van der Waals surface area contributed by atoms with Crippen LogP contribution in [-0.2, 0) is 14.9 Å². The fourth-order valence-electron chi connectivity index (χ4n) is 1.10. The van der Waals surface area contributed by atoms with E-state index in [4.69, 9.17) is 4.74 Å². The Morgan fingerprint density at radius 1 is 1.53 bits per heavy atom. The maximum atomic E-state index is 11.4. The van der Waals surface area contributed by atoms with Gasteiger partial charge in [-0.2, -0.15) is 4.37 Å². The zero-order valence-electron chi connectivity index (χ0n) is 10.9. The molecule has 0 aliphatic rings. The highest BCUT2D eigenvalue weighted by Crippen LogP contribution is 2.23. The number of ether oxygens (including phenoxy) is 1. The lowest BCUT2D eigenvalue weighted by molar-refractivity contribution is -0.143. The molecule has 1 rings (SSSR count). The second-order valence-corrected chi connectivity index (χ2v) is 5.54. The molecule has 1 N–H and O–H groups in total. The van der Waals surface area contributed by atoms with Crippen molar-refractivity contribution < 1.29 is 9.53 Å². The summed E-state index contributed by atoms with van der Waals surface area (Å²) in [5.41, 5.74) is -0.0798. The molecule has 0 bridgehead atoms. The number of nitrogens with zero attached hydrogens (tertiary/aromatic N) is 2. The SMILES string of the molecule is CCOC(=O)C(C)Nc1nc(C(C)(C)C)ns1. The van der Waals surface area contributed by atoms with Gasteiger partial charge in [0.15, 0.2) is 0 Å². The van der Waals surface area contributed by atoms with Crippen LogP contribution in [-0.4, -0.2) is 28.0 Å². The van der Waals surface area contributed by atoms with Crippen molar-refractivity contribution in [3.8, 4) is 0 Å². The van der Waals surface area contributed by atoms with Crippen LogP contribution in [0.4, 0.5) is 5.13 Å². The van der Waals surface area contributed by atoms with Crippen molar-refractivity contribution >= 4 is 22.6 Å². The van der Waals surface area contributed by atoms with Crippen molar-refractivity contribution in [2.45, 2.75) is 46.1 Å². The fourth-order valence-corrected chi connectivity index (χ4v) is 1.94. The molecule has 17 heavy (non-hydrogen) atoms. The van der Waals surface area contributed by atoms with Crippen molar-refractivity contribution in [1.29, 1.82) is 0 Å². The minimum atomic E-state index is -0.407. The minimum Gasteiger partial charge on any atom is -0.464 e. The molecule has 0 aromatic carbocycles. The third kappa shape index (κ3) is 3.96. The molecule has 0 amide bonds. The first kappa shape index (κ1) is 13.9. The Morgan fingerprint density at radius 3 is 2.65 bits per heavy atom. The summed E-state index contributed by atoms with van der Waals surface area (Å²) in [7, 11) is 0. The minimum absolute atomic E-state index is 0.0798. The van der Waals surface area contributed by atoms with E-state index in [9.17, 15) is 4.79 Å². The van der Waals surface area contributed by atoms with E-state index in [1.54, 1.807) is 13.8 Å². The Bertz CT molecular complexity index is 384. The molecule has 0 fully saturated rings.